The van der Waals surface area contributed by atoms with Crippen molar-refractivity contribution in [1.82, 2.24) is 0 Å². The summed E-state index contributed by atoms with van der Waals surface area (Å²) in [5, 5.41) is 0. The second-order valence-corrected chi connectivity index (χ2v) is 8.86. The summed E-state index contributed by atoms with van der Waals surface area (Å²) >= 11 is 0. The van der Waals surface area contributed by atoms with Crippen molar-refractivity contribution >= 4 is 11.3 Å². The lowest BCUT2D eigenvalue weighted by atomic mass is 9.81. The molecule has 5 rings (SSSR count). The van der Waals surface area contributed by atoms with Gasteiger partial charge in [-0.2, -0.15) is 0 Å². The first-order valence-corrected chi connectivity index (χ1v) is 9.38. The summed E-state index contributed by atoms with van der Waals surface area (Å²) in [6.07, 6.45) is 10.2. The summed E-state index contributed by atoms with van der Waals surface area (Å²) in [6, 6.07) is 2.58. The van der Waals surface area contributed by atoms with Crippen molar-refractivity contribution < 1.29 is 0 Å². The van der Waals surface area contributed by atoms with Gasteiger partial charge in [0.1, 0.15) is 0 Å². The number of benzene rings is 1. The Balaban J connectivity index is 1.62. The van der Waals surface area contributed by atoms with E-state index in [4.69, 9.17) is 0 Å². The molecule has 23 heavy (non-hydrogen) atoms. The Labute approximate surface area is 140 Å². The van der Waals surface area contributed by atoms with E-state index in [1.165, 1.54) is 51.6 Å². The molecule has 0 bridgehead atoms. The minimum atomic E-state index is 0.309. The molecular formula is C22H27N. The molecule has 0 unspecified atom stereocenters. The van der Waals surface area contributed by atoms with Gasteiger partial charge in [0.25, 0.3) is 0 Å². The standard InChI is InChI=1S/C22H27N/c1-22(2,3)16-10-15-12-19-17-7-5-9-23-8-4-6-14(21(17)23)11-20(19)18(15)13-16/h10-11H,4-9,12-13H2,1-3H3. The highest BCUT2D eigenvalue weighted by atomic mass is 15.1. The lowest BCUT2D eigenvalue weighted by molar-refractivity contribution is 0.497. The van der Waals surface area contributed by atoms with Crippen molar-refractivity contribution in [3.63, 3.8) is 0 Å². The first-order chi connectivity index (χ1) is 11.0. The minimum Gasteiger partial charge on any atom is -0.371 e. The van der Waals surface area contributed by atoms with Gasteiger partial charge in [0.05, 0.1) is 0 Å². The highest BCUT2D eigenvalue weighted by Crippen LogP contribution is 2.51. The Morgan fingerprint density at radius 2 is 1.74 bits per heavy atom. The van der Waals surface area contributed by atoms with Crippen LogP contribution in [0.2, 0.25) is 0 Å². The second kappa shape index (κ2) is 4.53. The molecule has 1 heteroatoms. The molecule has 120 valence electrons. The lowest BCUT2D eigenvalue weighted by Gasteiger charge is -2.38. The SMILES string of the molecule is CC(C)(C)C1=CC2=C(C1)c1cc3c4c(c1C2)CCCN4CCC3. The van der Waals surface area contributed by atoms with E-state index in [0.29, 0.717) is 5.41 Å². The normalized spacial score (nSPS) is 22.0. The van der Waals surface area contributed by atoms with Crippen LogP contribution in [0, 0.1) is 5.41 Å². The Hall–Kier alpha value is -1.50. The minimum absolute atomic E-state index is 0.309. The van der Waals surface area contributed by atoms with E-state index in [1.54, 1.807) is 44.7 Å². The highest BCUT2D eigenvalue weighted by Gasteiger charge is 2.35. The van der Waals surface area contributed by atoms with Crippen LogP contribution in [0.15, 0.2) is 23.3 Å². The van der Waals surface area contributed by atoms with Gasteiger partial charge in [-0.05, 0) is 83.4 Å². The van der Waals surface area contributed by atoms with E-state index in [0.717, 1.165) is 0 Å². The monoisotopic (exact) mass is 305 g/mol. The maximum atomic E-state index is 2.68. The van der Waals surface area contributed by atoms with E-state index in [1.807, 2.05) is 0 Å². The molecule has 0 atom stereocenters. The Bertz CT molecular complexity index is 768. The number of aryl methyl sites for hydroxylation is 1. The largest absolute Gasteiger partial charge is 0.371 e. The van der Waals surface area contributed by atoms with Crippen LogP contribution in [0.3, 0.4) is 0 Å². The molecule has 1 aromatic carbocycles. The molecule has 0 N–H and O–H groups in total. The predicted molar refractivity (Wildman–Crippen MR) is 98.1 cm³/mol. The van der Waals surface area contributed by atoms with Gasteiger partial charge in [0.2, 0.25) is 0 Å². The van der Waals surface area contributed by atoms with Crippen LogP contribution in [0.5, 0.6) is 0 Å². The summed E-state index contributed by atoms with van der Waals surface area (Å²) in [5.41, 5.74) is 13.5. The molecule has 0 saturated carbocycles. The fourth-order valence-electron chi connectivity index (χ4n) is 5.15. The second-order valence-electron chi connectivity index (χ2n) is 8.86. The van der Waals surface area contributed by atoms with Gasteiger partial charge in [-0.25, -0.2) is 0 Å². The van der Waals surface area contributed by atoms with E-state index in [9.17, 15) is 0 Å². The molecule has 1 aromatic rings. The van der Waals surface area contributed by atoms with Crippen LogP contribution in [0.25, 0.3) is 5.57 Å². The summed E-state index contributed by atoms with van der Waals surface area (Å²) in [6.45, 7) is 9.63. The number of allylic oxidation sites excluding steroid dienone is 4. The number of fused-ring (bicyclic) bond motifs is 3. The number of nitrogens with zero attached hydrogens (tertiary/aromatic N) is 1. The molecular weight excluding hydrogens is 278 g/mol. The summed E-state index contributed by atoms with van der Waals surface area (Å²) < 4.78 is 0. The topological polar surface area (TPSA) is 3.24 Å². The third-order valence-corrected chi connectivity index (χ3v) is 6.40. The zero-order valence-corrected chi connectivity index (χ0v) is 14.8. The first kappa shape index (κ1) is 13.9. The van der Waals surface area contributed by atoms with Crippen molar-refractivity contribution in [1.29, 1.82) is 0 Å². The van der Waals surface area contributed by atoms with Gasteiger partial charge in [-0.15, -0.1) is 0 Å². The van der Waals surface area contributed by atoms with Crippen molar-refractivity contribution in [2.45, 2.75) is 59.3 Å². The van der Waals surface area contributed by atoms with Gasteiger partial charge in [-0.3, -0.25) is 0 Å². The van der Waals surface area contributed by atoms with Crippen LogP contribution >= 0.6 is 0 Å². The number of anilines is 1. The molecule has 2 heterocycles. The summed E-state index contributed by atoms with van der Waals surface area (Å²) in [4.78, 5) is 2.68. The van der Waals surface area contributed by atoms with Crippen molar-refractivity contribution in [3.05, 3.63) is 45.5 Å². The predicted octanol–water partition coefficient (Wildman–Crippen LogP) is 5.07. The van der Waals surface area contributed by atoms with Crippen molar-refractivity contribution in [2.24, 2.45) is 5.41 Å². The zero-order valence-electron chi connectivity index (χ0n) is 14.8. The van der Waals surface area contributed by atoms with Gasteiger partial charge >= 0.3 is 0 Å². The molecule has 0 fully saturated rings. The maximum absolute atomic E-state index is 2.68. The summed E-state index contributed by atoms with van der Waals surface area (Å²) in [7, 11) is 0. The van der Waals surface area contributed by atoms with Crippen LogP contribution in [0.1, 0.15) is 62.3 Å². The number of rotatable bonds is 0. The third-order valence-electron chi connectivity index (χ3n) is 6.40. The van der Waals surface area contributed by atoms with Crippen LogP contribution in [0.4, 0.5) is 5.69 Å². The zero-order chi connectivity index (χ0) is 15.8. The van der Waals surface area contributed by atoms with Gasteiger partial charge < -0.3 is 4.90 Å². The fraction of sp³-hybridized carbons (Fsp3) is 0.545. The number of hydrogen-bond donors (Lipinski definition) is 0. The quantitative estimate of drug-likeness (QED) is 0.646. The lowest BCUT2D eigenvalue weighted by Crippen LogP contribution is -2.35. The molecule has 0 saturated heterocycles. The van der Waals surface area contributed by atoms with Crippen molar-refractivity contribution in [2.75, 3.05) is 18.0 Å². The molecule has 0 aromatic heterocycles. The molecule has 0 radical (unpaired) electrons. The van der Waals surface area contributed by atoms with E-state index < -0.39 is 0 Å². The fourth-order valence-corrected chi connectivity index (χ4v) is 5.15. The molecule has 2 aliphatic heterocycles. The van der Waals surface area contributed by atoms with E-state index in [2.05, 4.69) is 37.8 Å². The number of hydrogen-bond acceptors (Lipinski definition) is 1. The highest BCUT2D eigenvalue weighted by molar-refractivity contribution is 5.87. The summed E-state index contributed by atoms with van der Waals surface area (Å²) in [5.74, 6) is 0. The molecule has 2 aliphatic carbocycles. The van der Waals surface area contributed by atoms with Crippen LogP contribution in [-0.4, -0.2) is 13.1 Å². The van der Waals surface area contributed by atoms with E-state index in [-0.39, 0.29) is 0 Å². The van der Waals surface area contributed by atoms with Gasteiger partial charge in [-0.1, -0.05) is 32.4 Å². The third kappa shape index (κ3) is 1.92. The Morgan fingerprint density at radius 3 is 2.52 bits per heavy atom. The Kier molecular flexibility index (Phi) is 2.73. The average Bonchev–Trinajstić information content (AvgIpc) is 3.06. The van der Waals surface area contributed by atoms with Gasteiger partial charge in [0.15, 0.2) is 0 Å². The molecule has 1 nitrogen and oxygen atoms in total. The smallest absolute Gasteiger partial charge is 0.0434 e. The average molecular weight is 305 g/mol. The maximum Gasteiger partial charge on any atom is 0.0434 e. The molecule has 4 aliphatic rings. The van der Waals surface area contributed by atoms with E-state index >= 15 is 0 Å². The van der Waals surface area contributed by atoms with Crippen molar-refractivity contribution in [3.8, 4) is 0 Å². The molecule has 0 spiro atoms. The van der Waals surface area contributed by atoms with Gasteiger partial charge in [0, 0.05) is 18.8 Å². The van der Waals surface area contributed by atoms with Crippen LogP contribution < -0.4 is 4.90 Å². The van der Waals surface area contributed by atoms with Crippen LogP contribution in [-0.2, 0) is 19.3 Å². The first-order valence-electron chi connectivity index (χ1n) is 9.38. The molecule has 0 amide bonds. The Morgan fingerprint density at radius 1 is 0.957 bits per heavy atom.